The maximum Gasteiger partial charge on any atom is 0.159 e. The van der Waals surface area contributed by atoms with E-state index in [0.29, 0.717) is 16.1 Å². The topological polar surface area (TPSA) is 86.4 Å². The lowest BCUT2D eigenvalue weighted by atomic mass is 10.2. The standard InChI is InChI=1S/2C17H17ClN4O/c1-12-11-23-9-8-21(12)17-15-6-7-19-10-16(15)22(20-17)14-4-2-13(18)3-5-14;1-12-11-21(8-9-23-12)17-15-6-7-19-10-16(15)22(20-17)14-4-2-13(18)3-5-14/h2*2-7,10,12H,8-9,11H2,1H3. The fourth-order valence-electron chi connectivity index (χ4n) is 5.95. The first-order valence-electron chi connectivity index (χ1n) is 15.3. The number of benzene rings is 2. The molecule has 2 atom stereocenters. The second-order valence-corrected chi connectivity index (χ2v) is 12.3. The number of ether oxygens (including phenoxy) is 2. The van der Waals surface area contributed by atoms with Crippen molar-refractivity contribution in [3.8, 4) is 11.4 Å². The predicted molar refractivity (Wildman–Crippen MR) is 183 cm³/mol. The fraction of sp³-hybridized carbons (Fsp3) is 0.294. The van der Waals surface area contributed by atoms with Gasteiger partial charge in [0.05, 0.1) is 66.8 Å². The number of anilines is 2. The van der Waals surface area contributed by atoms with E-state index in [4.69, 9.17) is 42.9 Å². The average molecular weight is 658 g/mol. The molecule has 2 aromatic carbocycles. The molecule has 236 valence electrons. The highest BCUT2D eigenvalue weighted by atomic mass is 35.5. The molecule has 2 fully saturated rings. The summed E-state index contributed by atoms with van der Waals surface area (Å²) in [7, 11) is 0. The van der Waals surface area contributed by atoms with Crippen LogP contribution in [0.3, 0.4) is 0 Å². The largest absolute Gasteiger partial charge is 0.377 e. The number of fused-ring (bicyclic) bond motifs is 2. The minimum atomic E-state index is 0.210. The van der Waals surface area contributed by atoms with Gasteiger partial charge in [0.2, 0.25) is 0 Å². The Morgan fingerprint density at radius 2 is 1.26 bits per heavy atom. The normalized spacial score (nSPS) is 18.5. The third-order valence-corrected chi connectivity index (χ3v) is 8.75. The van der Waals surface area contributed by atoms with E-state index < -0.39 is 0 Å². The molecule has 46 heavy (non-hydrogen) atoms. The van der Waals surface area contributed by atoms with Crippen LogP contribution in [0.15, 0.2) is 85.5 Å². The van der Waals surface area contributed by atoms with Gasteiger partial charge in [-0.25, -0.2) is 9.36 Å². The molecule has 2 unspecified atom stereocenters. The summed E-state index contributed by atoms with van der Waals surface area (Å²) in [4.78, 5) is 13.1. The van der Waals surface area contributed by atoms with E-state index in [9.17, 15) is 0 Å². The van der Waals surface area contributed by atoms with Crippen molar-refractivity contribution in [2.45, 2.75) is 26.0 Å². The molecule has 2 aliphatic heterocycles. The highest BCUT2D eigenvalue weighted by molar-refractivity contribution is 6.30. The van der Waals surface area contributed by atoms with Gasteiger partial charge in [-0.1, -0.05) is 23.2 Å². The van der Waals surface area contributed by atoms with Gasteiger partial charge < -0.3 is 19.3 Å². The van der Waals surface area contributed by atoms with Gasteiger partial charge in [-0.05, 0) is 74.5 Å². The summed E-state index contributed by atoms with van der Waals surface area (Å²) >= 11 is 12.0. The molecule has 2 saturated heterocycles. The Hall–Kier alpha value is -4.22. The van der Waals surface area contributed by atoms with Crippen molar-refractivity contribution in [1.82, 2.24) is 29.5 Å². The number of aromatic nitrogens is 6. The Morgan fingerprint density at radius 3 is 1.83 bits per heavy atom. The monoisotopic (exact) mass is 656 g/mol. The Balaban J connectivity index is 0.000000147. The van der Waals surface area contributed by atoms with E-state index in [1.165, 1.54) is 0 Å². The predicted octanol–water partition coefficient (Wildman–Crippen LogP) is 6.60. The second-order valence-electron chi connectivity index (χ2n) is 11.5. The molecule has 2 aliphatic rings. The van der Waals surface area contributed by atoms with Crippen LogP contribution in [0, 0.1) is 0 Å². The van der Waals surface area contributed by atoms with Crippen molar-refractivity contribution in [3.05, 3.63) is 95.5 Å². The highest BCUT2D eigenvalue weighted by Gasteiger charge is 2.25. The van der Waals surface area contributed by atoms with Gasteiger partial charge >= 0.3 is 0 Å². The van der Waals surface area contributed by atoms with Gasteiger partial charge in [-0.2, -0.15) is 0 Å². The molecular formula is C34H34Cl2N8O2. The molecule has 0 spiro atoms. The quantitative estimate of drug-likeness (QED) is 0.210. The lowest BCUT2D eigenvalue weighted by molar-refractivity contribution is 0.0530. The zero-order chi connectivity index (χ0) is 31.6. The summed E-state index contributed by atoms with van der Waals surface area (Å²) in [6.07, 6.45) is 7.53. The van der Waals surface area contributed by atoms with Crippen LogP contribution >= 0.6 is 23.2 Å². The number of hydrogen-bond donors (Lipinski definition) is 0. The number of pyridine rings is 2. The lowest BCUT2D eigenvalue weighted by Crippen LogP contribution is -2.44. The Labute approximate surface area is 277 Å². The van der Waals surface area contributed by atoms with Crippen LogP contribution in [0.5, 0.6) is 0 Å². The lowest BCUT2D eigenvalue weighted by Gasteiger charge is -2.33. The van der Waals surface area contributed by atoms with E-state index in [-0.39, 0.29) is 6.10 Å². The molecule has 6 heterocycles. The summed E-state index contributed by atoms with van der Waals surface area (Å²) in [6.45, 7) is 8.96. The van der Waals surface area contributed by atoms with Crippen LogP contribution in [-0.4, -0.2) is 81.1 Å². The molecule has 0 radical (unpaired) electrons. The summed E-state index contributed by atoms with van der Waals surface area (Å²) in [5.74, 6) is 1.96. The Bertz CT molecular complexity index is 1940. The smallest absolute Gasteiger partial charge is 0.159 e. The summed E-state index contributed by atoms with van der Waals surface area (Å²) in [5, 5.41) is 13.3. The maximum absolute atomic E-state index is 6.00. The molecule has 0 amide bonds. The minimum Gasteiger partial charge on any atom is -0.377 e. The van der Waals surface area contributed by atoms with Gasteiger partial charge in [0, 0.05) is 52.8 Å². The van der Waals surface area contributed by atoms with E-state index >= 15 is 0 Å². The van der Waals surface area contributed by atoms with E-state index in [1.807, 2.05) is 94.8 Å². The SMILES string of the molecule is CC1CN(c2nn(-c3ccc(Cl)cc3)c3cnccc23)CCO1.CC1COCCN1c1nn(-c2ccc(Cl)cc2)c2cnccc12. The summed E-state index contributed by atoms with van der Waals surface area (Å²) in [5.41, 5.74) is 3.92. The van der Waals surface area contributed by atoms with Crippen molar-refractivity contribution < 1.29 is 9.47 Å². The van der Waals surface area contributed by atoms with Crippen molar-refractivity contribution >= 4 is 56.6 Å². The molecule has 4 aromatic heterocycles. The van der Waals surface area contributed by atoms with E-state index in [1.54, 1.807) is 0 Å². The zero-order valence-electron chi connectivity index (χ0n) is 25.6. The van der Waals surface area contributed by atoms with Gasteiger partial charge in [-0.15, -0.1) is 10.2 Å². The fourth-order valence-corrected chi connectivity index (χ4v) is 6.20. The molecule has 0 saturated carbocycles. The van der Waals surface area contributed by atoms with Crippen molar-refractivity contribution in [3.63, 3.8) is 0 Å². The first kappa shape index (κ1) is 30.4. The molecule has 10 nitrogen and oxygen atoms in total. The molecule has 0 aliphatic carbocycles. The third kappa shape index (κ3) is 6.13. The van der Waals surface area contributed by atoms with Crippen LogP contribution in [0.25, 0.3) is 33.2 Å². The summed E-state index contributed by atoms with van der Waals surface area (Å²) in [6, 6.07) is 19.7. The Morgan fingerprint density at radius 1 is 0.696 bits per heavy atom. The summed E-state index contributed by atoms with van der Waals surface area (Å²) < 4.78 is 15.0. The van der Waals surface area contributed by atoms with Gasteiger partial charge in [0.15, 0.2) is 11.6 Å². The number of halogens is 2. The molecule has 6 aromatic rings. The minimum absolute atomic E-state index is 0.210. The van der Waals surface area contributed by atoms with Crippen LogP contribution in [-0.2, 0) is 9.47 Å². The first-order chi connectivity index (χ1) is 22.5. The van der Waals surface area contributed by atoms with Crippen LogP contribution < -0.4 is 9.80 Å². The van der Waals surface area contributed by atoms with Gasteiger partial charge in [0.1, 0.15) is 0 Å². The van der Waals surface area contributed by atoms with Crippen molar-refractivity contribution in [1.29, 1.82) is 0 Å². The van der Waals surface area contributed by atoms with Crippen LogP contribution in [0.2, 0.25) is 10.0 Å². The third-order valence-electron chi connectivity index (χ3n) is 8.25. The maximum atomic E-state index is 6.00. The van der Waals surface area contributed by atoms with E-state index in [0.717, 1.165) is 84.3 Å². The molecule has 12 heteroatoms. The van der Waals surface area contributed by atoms with Gasteiger partial charge in [-0.3, -0.25) is 9.97 Å². The van der Waals surface area contributed by atoms with Gasteiger partial charge in [0.25, 0.3) is 0 Å². The average Bonchev–Trinajstić information content (AvgIpc) is 3.66. The second kappa shape index (κ2) is 13.3. The zero-order valence-corrected chi connectivity index (χ0v) is 27.1. The van der Waals surface area contributed by atoms with Crippen LogP contribution in [0.4, 0.5) is 11.6 Å². The number of hydrogen-bond acceptors (Lipinski definition) is 8. The first-order valence-corrected chi connectivity index (χ1v) is 16.1. The highest BCUT2D eigenvalue weighted by Crippen LogP contribution is 2.31. The molecule has 0 bridgehead atoms. The molecule has 8 rings (SSSR count). The van der Waals surface area contributed by atoms with Crippen LogP contribution in [0.1, 0.15) is 13.8 Å². The van der Waals surface area contributed by atoms with Crippen molar-refractivity contribution in [2.75, 3.05) is 49.3 Å². The number of rotatable bonds is 4. The number of morpholine rings is 2. The van der Waals surface area contributed by atoms with Crippen molar-refractivity contribution in [2.24, 2.45) is 0 Å². The molecular weight excluding hydrogens is 623 g/mol. The Kier molecular flexibility index (Phi) is 8.77. The molecule has 0 N–H and O–H groups in total. The number of nitrogens with zero attached hydrogens (tertiary/aromatic N) is 8. The van der Waals surface area contributed by atoms with E-state index in [2.05, 4.69) is 33.6 Å².